The highest BCUT2D eigenvalue weighted by molar-refractivity contribution is 7.15. The lowest BCUT2D eigenvalue weighted by Gasteiger charge is -2.40. The van der Waals surface area contributed by atoms with Gasteiger partial charge in [-0.1, -0.05) is 6.08 Å². The van der Waals surface area contributed by atoms with E-state index in [9.17, 15) is 0 Å². The molecule has 0 N–H and O–H groups in total. The summed E-state index contributed by atoms with van der Waals surface area (Å²) in [4.78, 5) is 20.5. The molecular weight excluding hydrogens is 330 g/mol. The predicted molar refractivity (Wildman–Crippen MR) is 103 cm³/mol. The van der Waals surface area contributed by atoms with Crippen molar-refractivity contribution in [3.05, 3.63) is 34.7 Å². The van der Waals surface area contributed by atoms with E-state index in [0.29, 0.717) is 5.92 Å². The molecule has 0 aromatic carbocycles. The van der Waals surface area contributed by atoms with Crippen LogP contribution in [0.3, 0.4) is 0 Å². The molecule has 6 heteroatoms. The van der Waals surface area contributed by atoms with Gasteiger partial charge in [0.25, 0.3) is 0 Å². The number of hydrogen-bond donors (Lipinski definition) is 0. The lowest BCUT2D eigenvalue weighted by molar-refractivity contribution is 0.504. The average Bonchev–Trinajstić information content (AvgIpc) is 3.05. The highest BCUT2D eigenvalue weighted by Crippen LogP contribution is 2.38. The second kappa shape index (κ2) is 6.41. The molecule has 2 saturated heterocycles. The van der Waals surface area contributed by atoms with Crippen LogP contribution in [-0.4, -0.2) is 41.1 Å². The van der Waals surface area contributed by atoms with Crippen LogP contribution >= 0.6 is 11.3 Å². The van der Waals surface area contributed by atoms with Gasteiger partial charge < -0.3 is 9.80 Å². The van der Waals surface area contributed by atoms with Crippen molar-refractivity contribution < 1.29 is 0 Å². The fourth-order valence-corrected chi connectivity index (χ4v) is 5.07. The molecule has 0 unspecified atom stereocenters. The standard InChI is InChI=1S/C19H23N5S/c1-4-10-23(11-5-1)18-17(20-8-9-21-18)14-12-24(13-14)19-22-15-6-2-3-7-16(15)25-19/h2,6,8-9,14H,1,3-5,7,10-13H2. The van der Waals surface area contributed by atoms with Crippen molar-refractivity contribution >= 4 is 28.4 Å². The number of anilines is 2. The lowest BCUT2D eigenvalue weighted by atomic mass is 9.95. The maximum atomic E-state index is 4.82. The molecule has 0 amide bonds. The van der Waals surface area contributed by atoms with Gasteiger partial charge in [-0.25, -0.2) is 9.97 Å². The fourth-order valence-electron chi connectivity index (χ4n) is 3.99. The number of aromatic nitrogens is 3. The second-order valence-corrected chi connectivity index (χ2v) is 8.22. The van der Waals surface area contributed by atoms with Crippen molar-refractivity contribution in [2.75, 3.05) is 36.0 Å². The second-order valence-electron chi connectivity index (χ2n) is 7.16. The Morgan fingerprint density at radius 1 is 1.00 bits per heavy atom. The zero-order valence-corrected chi connectivity index (χ0v) is 15.2. The van der Waals surface area contributed by atoms with Gasteiger partial charge in [-0.2, -0.15) is 0 Å². The lowest BCUT2D eigenvalue weighted by Crippen LogP contribution is -2.46. The Balaban J connectivity index is 1.32. The highest BCUT2D eigenvalue weighted by atomic mass is 32.1. The van der Waals surface area contributed by atoms with Gasteiger partial charge in [-0.3, -0.25) is 4.98 Å². The van der Waals surface area contributed by atoms with Crippen LogP contribution in [0.5, 0.6) is 0 Å². The van der Waals surface area contributed by atoms with Crippen LogP contribution in [0.25, 0.3) is 6.08 Å². The third-order valence-electron chi connectivity index (χ3n) is 5.43. The van der Waals surface area contributed by atoms with Crippen molar-refractivity contribution in [2.45, 2.75) is 38.0 Å². The molecule has 0 atom stereocenters. The van der Waals surface area contributed by atoms with E-state index in [4.69, 9.17) is 9.97 Å². The molecule has 0 radical (unpaired) electrons. The minimum Gasteiger partial charge on any atom is -0.355 e. The molecule has 2 aliphatic heterocycles. The number of fused-ring (bicyclic) bond motifs is 1. The summed E-state index contributed by atoms with van der Waals surface area (Å²) in [5.41, 5.74) is 2.37. The van der Waals surface area contributed by atoms with E-state index in [2.05, 4.69) is 26.9 Å². The summed E-state index contributed by atoms with van der Waals surface area (Å²) in [6.07, 6.45) is 14.3. The smallest absolute Gasteiger partial charge is 0.186 e. The summed E-state index contributed by atoms with van der Waals surface area (Å²) in [5.74, 6) is 1.59. The summed E-state index contributed by atoms with van der Waals surface area (Å²) in [5, 5.41) is 1.18. The molecular formula is C19H23N5S. The predicted octanol–water partition coefficient (Wildman–Crippen LogP) is 3.49. The summed E-state index contributed by atoms with van der Waals surface area (Å²) in [6.45, 7) is 4.26. The van der Waals surface area contributed by atoms with E-state index >= 15 is 0 Å². The van der Waals surface area contributed by atoms with E-state index in [1.54, 1.807) is 0 Å². The molecule has 2 fully saturated rings. The van der Waals surface area contributed by atoms with Gasteiger partial charge in [0.15, 0.2) is 10.9 Å². The molecule has 0 saturated carbocycles. The summed E-state index contributed by atoms with van der Waals surface area (Å²) >= 11 is 1.87. The first kappa shape index (κ1) is 15.3. The van der Waals surface area contributed by atoms with Crippen LogP contribution < -0.4 is 9.80 Å². The fraction of sp³-hybridized carbons (Fsp3) is 0.526. The number of nitrogens with zero attached hydrogens (tertiary/aromatic N) is 5. The van der Waals surface area contributed by atoms with Crippen LogP contribution in [0.4, 0.5) is 10.9 Å². The number of hydrogen-bond acceptors (Lipinski definition) is 6. The van der Waals surface area contributed by atoms with Crippen LogP contribution in [0, 0.1) is 0 Å². The Morgan fingerprint density at radius 2 is 1.84 bits per heavy atom. The SMILES string of the molecule is C1=Cc2nc(N3CC(c4nccnc4N4CCCCC4)C3)sc2CC1. The summed E-state index contributed by atoms with van der Waals surface area (Å²) in [6, 6.07) is 0. The van der Waals surface area contributed by atoms with Crippen molar-refractivity contribution in [1.29, 1.82) is 0 Å². The Labute approximate surface area is 152 Å². The van der Waals surface area contributed by atoms with Gasteiger partial charge in [0.2, 0.25) is 0 Å². The Kier molecular flexibility index (Phi) is 3.93. The van der Waals surface area contributed by atoms with Crippen LogP contribution in [0.1, 0.15) is 47.9 Å². The Morgan fingerprint density at radius 3 is 2.68 bits per heavy atom. The van der Waals surface area contributed by atoms with Gasteiger partial charge in [-0.05, 0) is 38.2 Å². The number of thiazole rings is 1. The van der Waals surface area contributed by atoms with Gasteiger partial charge in [0.1, 0.15) is 0 Å². The molecule has 5 nitrogen and oxygen atoms in total. The number of aryl methyl sites for hydroxylation is 1. The van der Waals surface area contributed by atoms with Crippen molar-refractivity contribution in [3.8, 4) is 0 Å². The molecule has 2 aromatic heterocycles. The summed E-state index contributed by atoms with van der Waals surface area (Å²) in [7, 11) is 0. The first-order valence-electron chi connectivity index (χ1n) is 9.35. The highest BCUT2D eigenvalue weighted by Gasteiger charge is 2.34. The Hall–Kier alpha value is -1.95. The average molecular weight is 353 g/mol. The summed E-state index contributed by atoms with van der Waals surface area (Å²) < 4.78 is 0. The zero-order valence-electron chi connectivity index (χ0n) is 14.4. The van der Waals surface area contributed by atoms with E-state index < -0.39 is 0 Å². The molecule has 2 aromatic rings. The largest absolute Gasteiger partial charge is 0.355 e. The van der Waals surface area contributed by atoms with Gasteiger partial charge in [-0.15, -0.1) is 11.3 Å². The van der Waals surface area contributed by atoms with Gasteiger partial charge in [0.05, 0.1) is 11.4 Å². The van der Waals surface area contributed by atoms with Crippen LogP contribution in [0.15, 0.2) is 18.5 Å². The Bertz CT molecular complexity index is 787. The van der Waals surface area contributed by atoms with E-state index in [1.165, 1.54) is 40.7 Å². The molecule has 1 aliphatic carbocycles. The first-order chi connectivity index (χ1) is 12.4. The van der Waals surface area contributed by atoms with E-state index in [0.717, 1.165) is 44.8 Å². The van der Waals surface area contributed by atoms with Crippen molar-refractivity contribution in [1.82, 2.24) is 15.0 Å². The van der Waals surface area contributed by atoms with Crippen LogP contribution in [0.2, 0.25) is 0 Å². The van der Waals surface area contributed by atoms with Gasteiger partial charge in [0, 0.05) is 49.4 Å². The number of piperidine rings is 1. The minimum absolute atomic E-state index is 0.474. The maximum Gasteiger partial charge on any atom is 0.186 e. The van der Waals surface area contributed by atoms with Gasteiger partial charge >= 0.3 is 0 Å². The van der Waals surface area contributed by atoms with Crippen molar-refractivity contribution in [3.63, 3.8) is 0 Å². The third-order valence-corrected chi connectivity index (χ3v) is 6.62. The first-order valence-corrected chi connectivity index (χ1v) is 10.2. The molecule has 3 aliphatic rings. The molecule has 5 rings (SSSR count). The topological polar surface area (TPSA) is 45.2 Å². The molecule has 130 valence electrons. The quantitative estimate of drug-likeness (QED) is 0.845. The van der Waals surface area contributed by atoms with E-state index in [-0.39, 0.29) is 0 Å². The third kappa shape index (κ3) is 2.82. The number of allylic oxidation sites excluding steroid dienone is 1. The van der Waals surface area contributed by atoms with Crippen molar-refractivity contribution in [2.24, 2.45) is 0 Å². The minimum atomic E-state index is 0.474. The normalized spacial score (nSPS) is 20.5. The molecule has 0 spiro atoms. The maximum absolute atomic E-state index is 4.82. The molecule has 25 heavy (non-hydrogen) atoms. The monoisotopic (exact) mass is 353 g/mol. The molecule has 0 bridgehead atoms. The zero-order chi connectivity index (χ0) is 16.6. The molecule has 4 heterocycles. The van der Waals surface area contributed by atoms with Crippen LogP contribution in [-0.2, 0) is 6.42 Å². The van der Waals surface area contributed by atoms with E-state index in [1.807, 2.05) is 23.7 Å². The number of rotatable bonds is 3.